The monoisotopic (exact) mass is 310 g/mol. The van der Waals surface area contributed by atoms with Gasteiger partial charge in [-0.05, 0) is 17.7 Å². The molecule has 0 amide bonds. The van der Waals surface area contributed by atoms with Gasteiger partial charge >= 0.3 is 0 Å². The van der Waals surface area contributed by atoms with Gasteiger partial charge in [-0.3, -0.25) is 0 Å². The first-order valence-electron chi connectivity index (χ1n) is 5.73. The molecule has 9 heteroatoms. The third kappa shape index (κ3) is 2.05. The van der Waals surface area contributed by atoms with Crippen LogP contribution in [0.5, 0.6) is 11.8 Å². The molecule has 0 aliphatic carbocycles. The number of nitrogens with zero attached hydrogens (tertiary/aromatic N) is 4. The number of aromatic hydroxyl groups is 2. The summed E-state index contributed by atoms with van der Waals surface area (Å²) in [6.07, 6.45) is 1.09. The van der Waals surface area contributed by atoms with E-state index in [1.165, 1.54) is 0 Å². The molecule has 0 aliphatic rings. The zero-order valence-corrected chi connectivity index (χ0v) is 11.2. The predicted molar refractivity (Wildman–Crippen MR) is 72.2 cm³/mol. The molecule has 1 aromatic carbocycles. The van der Waals surface area contributed by atoms with Crippen molar-refractivity contribution in [2.45, 2.75) is 5.75 Å². The first kappa shape index (κ1) is 13.6. The van der Waals surface area contributed by atoms with Crippen LogP contribution < -0.4 is 0 Å². The molecule has 0 unspecified atom stereocenters. The standard InChI is InChI=1S/C12H8F2N4O2S/c13-6-1-5(3-21)2-7(14)8(6)9-10(19)17-12-15-4-16-18(12)11(9)20/h1-2,4,20-21H,3H2,(H,15,16,17,19). The van der Waals surface area contributed by atoms with Gasteiger partial charge in [0.25, 0.3) is 5.78 Å². The Bertz CT molecular complexity index is 830. The number of halogens is 2. The molecule has 3 aromatic rings. The smallest absolute Gasteiger partial charge is 0.258 e. The van der Waals surface area contributed by atoms with Gasteiger partial charge in [-0.25, -0.2) is 8.78 Å². The number of fused-ring (bicyclic) bond motifs is 1. The molecule has 2 heterocycles. The maximum atomic E-state index is 14.1. The third-order valence-corrected chi connectivity index (χ3v) is 3.28. The maximum absolute atomic E-state index is 14.1. The van der Waals surface area contributed by atoms with Crippen molar-refractivity contribution in [2.75, 3.05) is 0 Å². The maximum Gasteiger partial charge on any atom is 0.258 e. The minimum absolute atomic E-state index is 0.0958. The van der Waals surface area contributed by atoms with Gasteiger partial charge in [0.15, 0.2) is 0 Å². The van der Waals surface area contributed by atoms with Gasteiger partial charge in [-0.15, -0.1) is 0 Å². The van der Waals surface area contributed by atoms with Crippen LogP contribution in [0.25, 0.3) is 16.9 Å². The quantitative estimate of drug-likeness (QED) is 0.630. The van der Waals surface area contributed by atoms with Gasteiger partial charge in [0.05, 0.1) is 5.56 Å². The lowest BCUT2D eigenvalue weighted by Crippen LogP contribution is -2.00. The van der Waals surface area contributed by atoms with E-state index in [0.29, 0.717) is 5.56 Å². The normalized spacial score (nSPS) is 11.2. The summed E-state index contributed by atoms with van der Waals surface area (Å²) in [7, 11) is 0. The van der Waals surface area contributed by atoms with E-state index in [2.05, 4.69) is 27.7 Å². The van der Waals surface area contributed by atoms with Crippen molar-refractivity contribution in [2.24, 2.45) is 0 Å². The van der Waals surface area contributed by atoms with E-state index in [9.17, 15) is 19.0 Å². The number of rotatable bonds is 2. The van der Waals surface area contributed by atoms with E-state index in [1.54, 1.807) is 0 Å². The number of aromatic nitrogens is 4. The Balaban J connectivity index is 2.35. The molecular formula is C12H8F2N4O2S. The molecule has 2 aromatic heterocycles. The van der Waals surface area contributed by atoms with Gasteiger partial charge in [0.2, 0.25) is 11.8 Å². The van der Waals surface area contributed by atoms with Crippen LogP contribution in [0.3, 0.4) is 0 Å². The van der Waals surface area contributed by atoms with Crippen molar-refractivity contribution in [3.8, 4) is 22.9 Å². The fourth-order valence-corrected chi connectivity index (χ4v) is 2.18. The lowest BCUT2D eigenvalue weighted by Gasteiger charge is -2.10. The number of hydrogen-bond acceptors (Lipinski definition) is 6. The van der Waals surface area contributed by atoms with Crippen LogP contribution in [0.4, 0.5) is 8.78 Å². The molecule has 2 N–H and O–H groups in total. The SMILES string of the molecule is Oc1nc2ncnn2c(O)c1-c1c(F)cc(CS)cc1F. The molecule has 0 saturated carbocycles. The highest BCUT2D eigenvalue weighted by molar-refractivity contribution is 7.79. The summed E-state index contributed by atoms with van der Waals surface area (Å²) in [6.45, 7) is 0. The second-order valence-electron chi connectivity index (χ2n) is 4.20. The highest BCUT2D eigenvalue weighted by atomic mass is 32.1. The molecule has 6 nitrogen and oxygen atoms in total. The van der Waals surface area contributed by atoms with E-state index in [0.717, 1.165) is 23.0 Å². The van der Waals surface area contributed by atoms with Crippen LogP contribution in [-0.2, 0) is 5.75 Å². The fourth-order valence-electron chi connectivity index (χ4n) is 2.00. The highest BCUT2D eigenvalue weighted by Crippen LogP contribution is 2.39. The van der Waals surface area contributed by atoms with Crippen molar-refractivity contribution in [3.63, 3.8) is 0 Å². The average Bonchev–Trinajstić information content (AvgIpc) is 2.89. The molecular weight excluding hydrogens is 302 g/mol. The summed E-state index contributed by atoms with van der Waals surface area (Å²) in [5.74, 6) is -3.26. The topological polar surface area (TPSA) is 83.5 Å². The zero-order valence-electron chi connectivity index (χ0n) is 10.3. The minimum atomic E-state index is -0.953. The van der Waals surface area contributed by atoms with Gasteiger partial charge in [0, 0.05) is 5.75 Å². The largest absolute Gasteiger partial charge is 0.493 e. The Labute approximate surface area is 122 Å². The number of hydrogen-bond donors (Lipinski definition) is 3. The van der Waals surface area contributed by atoms with Crippen LogP contribution >= 0.6 is 12.6 Å². The Morgan fingerprint density at radius 3 is 2.43 bits per heavy atom. The minimum Gasteiger partial charge on any atom is -0.493 e. The van der Waals surface area contributed by atoms with E-state index < -0.39 is 34.5 Å². The van der Waals surface area contributed by atoms with Crippen molar-refractivity contribution in [3.05, 3.63) is 35.7 Å². The van der Waals surface area contributed by atoms with E-state index in [-0.39, 0.29) is 11.5 Å². The van der Waals surface area contributed by atoms with Crippen molar-refractivity contribution in [1.29, 1.82) is 0 Å². The summed E-state index contributed by atoms with van der Waals surface area (Å²) in [6, 6.07) is 2.13. The van der Waals surface area contributed by atoms with E-state index in [4.69, 9.17) is 0 Å². The van der Waals surface area contributed by atoms with Crippen LogP contribution in [-0.4, -0.2) is 29.8 Å². The molecule has 0 fully saturated rings. The summed E-state index contributed by atoms with van der Waals surface area (Å²) < 4.78 is 29.1. The molecule has 0 radical (unpaired) electrons. The van der Waals surface area contributed by atoms with Gasteiger partial charge in [0.1, 0.15) is 23.5 Å². The highest BCUT2D eigenvalue weighted by Gasteiger charge is 2.24. The van der Waals surface area contributed by atoms with Crippen LogP contribution in [0, 0.1) is 11.6 Å². The molecule has 0 atom stereocenters. The lowest BCUT2D eigenvalue weighted by molar-refractivity contribution is 0.414. The summed E-state index contributed by atoms with van der Waals surface area (Å²) >= 11 is 3.94. The van der Waals surface area contributed by atoms with Gasteiger partial charge in [-0.2, -0.15) is 32.2 Å². The number of benzene rings is 1. The molecule has 3 rings (SSSR count). The average molecular weight is 310 g/mol. The van der Waals surface area contributed by atoms with Crippen LogP contribution in [0.15, 0.2) is 18.5 Å². The fraction of sp³-hybridized carbons (Fsp3) is 0.0833. The van der Waals surface area contributed by atoms with E-state index >= 15 is 0 Å². The van der Waals surface area contributed by atoms with Crippen molar-refractivity contribution < 1.29 is 19.0 Å². The Hall–Kier alpha value is -2.42. The third-order valence-electron chi connectivity index (χ3n) is 2.92. The molecule has 0 saturated heterocycles. The summed E-state index contributed by atoms with van der Waals surface area (Å²) in [5, 5.41) is 23.6. The van der Waals surface area contributed by atoms with Gasteiger partial charge < -0.3 is 10.2 Å². The molecule has 21 heavy (non-hydrogen) atoms. The van der Waals surface area contributed by atoms with Crippen molar-refractivity contribution >= 4 is 18.4 Å². The summed E-state index contributed by atoms with van der Waals surface area (Å²) in [5.41, 5.74) is -0.764. The second-order valence-corrected chi connectivity index (χ2v) is 4.51. The number of thiol groups is 1. The molecule has 0 spiro atoms. The Kier molecular flexibility index (Phi) is 3.13. The first-order chi connectivity index (χ1) is 10.0. The van der Waals surface area contributed by atoms with Gasteiger partial charge in [-0.1, -0.05) is 0 Å². The molecule has 0 bridgehead atoms. The predicted octanol–water partition coefficient (Wildman–Crippen LogP) is 1.91. The lowest BCUT2D eigenvalue weighted by atomic mass is 10.0. The van der Waals surface area contributed by atoms with Crippen LogP contribution in [0.1, 0.15) is 5.56 Å². The Morgan fingerprint density at radius 2 is 1.81 bits per heavy atom. The molecule has 0 aliphatic heterocycles. The zero-order chi connectivity index (χ0) is 15.1. The Morgan fingerprint density at radius 1 is 1.14 bits per heavy atom. The van der Waals surface area contributed by atoms with E-state index in [1.807, 2.05) is 0 Å². The molecule has 108 valence electrons. The van der Waals surface area contributed by atoms with Crippen molar-refractivity contribution in [1.82, 2.24) is 19.6 Å². The second kappa shape index (κ2) is 4.85. The first-order valence-corrected chi connectivity index (χ1v) is 6.37. The van der Waals surface area contributed by atoms with Crippen LogP contribution in [0.2, 0.25) is 0 Å². The summed E-state index contributed by atoms with van der Waals surface area (Å²) in [4.78, 5) is 7.30.